The molecule has 1 radical (unpaired) electrons. The molecule has 14 heavy (non-hydrogen) atoms. The summed E-state index contributed by atoms with van der Waals surface area (Å²) in [6.45, 7) is 0. The number of allylic oxidation sites excluding steroid dienone is 1. The van der Waals surface area contributed by atoms with Crippen LogP contribution in [0.5, 0.6) is 0 Å². The lowest BCUT2D eigenvalue weighted by Crippen LogP contribution is -2.22. The Labute approximate surface area is 82.0 Å². The molecule has 0 aromatic heterocycles. The Hall–Kier alpha value is -1.96. The van der Waals surface area contributed by atoms with E-state index in [9.17, 15) is 0 Å². The van der Waals surface area contributed by atoms with Gasteiger partial charge in [0.25, 0.3) is 0 Å². The molecule has 3 rings (SSSR count). The highest BCUT2D eigenvalue weighted by atomic mass is 14.9. The van der Waals surface area contributed by atoms with E-state index in [0.717, 1.165) is 5.69 Å². The maximum absolute atomic E-state index is 4.40. The first-order chi connectivity index (χ1) is 6.95. The molecule has 0 unspecified atom stereocenters. The lowest BCUT2D eigenvalue weighted by Gasteiger charge is -2.11. The number of hydrogen-bond acceptors (Lipinski definition) is 1. The molecule has 0 fully saturated rings. The summed E-state index contributed by atoms with van der Waals surface area (Å²) in [6, 6.07) is 4.20. The average molecular weight is 181 g/mol. The molecule has 0 aliphatic carbocycles. The Morgan fingerprint density at radius 2 is 2.07 bits per heavy atom. The van der Waals surface area contributed by atoms with Crippen molar-refractivity contribution >= 4 is 24.0 Å². The summed E-state index contributed by atoms with van der Waals surface area (Å²) in [6.07, 6.45) is 11.9. The molecule has 0 saturated carbocycles. The highest BCUT2D eigenvalue weighted by Gasteiger charge is 2.06. The van der Waals surface area contributed by atoms with Gasteiger partial charge in [-0.3, -0.25) is 5.32 Å². The monoisotopic (exact) mass is 181 g/mol. The summed E-state index contributed by atoms with van der Waals surface area (Å²) in [4.78, 5) is 0. The van der Waals surface area contributed by atoms with Crippen molar-refractivity contribution in [3.63, 3.8) is 0 Å². The minimum Gasteiger partial charge on any atom is -0.367 e. The van der Waals surface area contributed by atoms with Crippen molar-refractivity contribution < 1.29 is 0 Å². The largest absolute Gasteiger partial charge is 0.367 e. The fourth-order valence-electron chi connectivity index (χ4n) is 1.75. The van der Waals surface area contributed by atoms with Crippen LogP contribution >= 0.6 is 0 Å². The van der Waals surface area contributed by atoms with Crippen LogP contribution in [0.3, 0.4) is 0 Å². The normalized spacial score (nSPS) is 15.4. The third-order valence-corrected chi connectivity index (χ3v) is 2.43. The lowest BCUT2D eigenvalue weighted by atomic mass is 10.1. The zero-order valence-corrected chi connectivity index (χ0v) is 7.57. The highest BCUT2D eigenvalue weighted by Crippen LogP contribution is 2.11. The fourth-order valence-corrected chi connectivity index (χ4v) is 1.75. The van der Waals surface area contributed by atoms with Crippen LogP contribution in [0, 0.1) is 0 Å². The maximum Gasteiger partial charge on any atom is 0.0781 e. The molecule has 1 N–H and O–H groups in total. The lowest BCUT2D eigenvalue weighted by molar-refractivity contribution is 1.13. The van der Waals surface area contributed by atoms with Crippen LogP contribution in [0.15, 0.2) is 30.6 Å². The van der Waals surface area contributed by atoms with Crippen molar-refractivity contribution in [2.75, 3.05) is 0 Å². The van der Waals surface area contributed by atoms with Gasteiger partial charge in [-0.2, -0.15) is 0 Å². The molecule has 2 nitrogen and oxygen atoms in total. The van der Waals surface area contributed by atoms with Gasteiger partial charge in [0.05, 0.1) is 5.69 Å². The van der Waals surface area contributed by atoms with E-state index in [4.69, 9.17) is 0 Å². The minimum atomic E-state index is 1.07. The van der Waals surface area contributed by atoms with E-state index in [2.05, 4.69) is 34.9 Å². The van der Waals surface area contributed by atoms with Gasteiger partial charge in [-0.05, 0) is 17.4 Å². The first-order valence-electron chi connectivity index (χ1n) is 4.59. The minimum absolute atomic E-state index is 1.07. The van der Waals surface area contributed by atoms with Gasteiger partial charge in [0, 0.05) is 29.4 Å². The topological polar surface area (TPSA) is 26.1 Å². The van der Waals surface area contributed by atoms with Crippen LogP contribution in [-0.4, -0.2) is 0 Å². The van der Waals surface area contributed by atoms with E-state index in [-0.39, 0.29) is 0 Å². The van der Waals surface area contributed by atoms with Crippen LogP contribution in [0.2, 0.25) is 0 Å². The predicted octanol–water partition coefficient (Wildman–Crippen LogP) is 0.542. The van der Waals surface area contributed by atoms with Crippen molar-refractivity contribution in [2.24, 2.45) is 0 Å². The van der Waals surface area contributed by atoms with E-state index < -0.39 is 0 Å². The second-order valence-corrected chi connectivity index (χ2v) is 3.29. The van der Waals surface area contributed by atoms with Crippen LogP contribution < -0.4 is 21.1 Å². The number of rotatable bonds is 0. The van der Waals surface area contributed by atoms with Crippen LogP contribution in [-0.2, 0) is 0 Å². The van der Waals surface area contributed by atoms with Crippen molar-refractivity contribution in [1.29, 1.82) is 0 Å². The number of nitrogens with one attached hydrogen (secondary N) is 1. The molecule has 0 spiro atoms. The van der Waals surface area contributed by atoms with E-state index >= 15 is 0 Å². The summed E-state index contributed by atoms with van der Waals surface area (Å²) in [7, 11) is 0. The summed E-state index contributed by atoms with van der Waals surface area (Å²) in [5, 5.41) is 9.85. The Morgan fingerprint density at radius 1 is 1.14 bits per heavy atom. The van der Waals surface area contributed by atoms with Crippen molar-refractivity contribution in [3.8, 4) is 0 Å². The Balaban J connectivity index is 2.42. The maximum atomic E-state index is 4.40. The van der Waals surface area contributed by atoms with Gasteiger partial charge >= 0.3 is 0 Å². The first-order valence-corrected chi connectivity index (χ1v) is 4.59. The van der Waals surface area contributed by atoms with Gasteiger partial charge in [-0.15, -0.1) is 0 Å². The second kappa shape index (κ2) is 2.77. The molecule has 0 bridgehead atoms. The summed E-state index contributed by atoms with van der Waals surface area (Å²) in [5.74, 6) is 0. The fraction of sp³-hybridized carbons (Fsp3) is 0. The molecule has 0 saturated heterocycles. The Bertz CT molecular complexity index is 550. The van der Waals surface area contributed by atoms with Crippen molar-refractivity contribution in [3.05, 3.63) is 46.6 Å². The number of hydrogen-bond donors (Lipinski definition) is 1. The summed E-state index contributed by atoms with van der Waals surface area (Å²) < 4.78 is 0. The molecule has 1 aromatic rings. The molecule has 2 heteroatoms. The van der Waals surface area contributed by atoms with Crippen molar-refractivity contribution in [2.45, 2.75) is 0 Å². The Kier molecular flexibility index (Phi) is 1.47. The summed E-state index contributed by atoms with van der Waals surface area (Å²) in [5.41, 5.74) is 2.26. The van der Waals surface area contributed by atoms with E-state index in [0.29, 0.717) is 0 Å². The highest BCUT2D eigenvalue weighted by molar-refractivity contribution is 5.70. The second-order valence-electron chi connectivity index (χ2n) is 3.29. The number of fused-ring (bicyclic) bond motifs is 3. The zero-order valence-electron chi connectivity index (χ0n) is 7.57. The molecular weight excluding hydrogens is 172 g/mol. The average Bonchev–Trinajstić information content (AvgIpc) is 2.29. The van der Waals surface area contributed by atoms with E-state index in [1.807, 2.05) is 24.7 Å². The molecular formula is C12H9N2. The molecule has 0 atom stereocenters. The van der Waals surface area contributed by atoms with E-state index in [1.54, 1.807) is 0 Å². The molecule has 1 aromatic carbocycles. The van der Waals surface area contributed by atoms with Gasteiger partial charge in [0.2, 0.25) is 0 Å². The van der Waals surface area contributed by atoms with Crippen LogP contribution in [0.4, 0.5) is 5.69 Å². The zero-order chi connectivity index (χ0) is 9.38. The SMILES string of the molecule is C1=C[N]c2c3c(ccc2=C1)=CNC=C3. The Morgan fingerprint density at radius 3 is 3.07 bits per heavy atom. The molecule has 2 heterocycles. The molecule has 67 valence electrons. The molecule has 2 aliphatic heterocycles. The smallest absolute Gasteiger partial charge is 0.0781 e. The van der Waals surface area contributed by atoms with Crippen molar-refractivity contribution in [1.82, 2.24) is 10.6 Å². The van der Waals surface area contributed by atoms with Crippen LogP contribution in [0.1, 0.15) is 5.56 Å². The van der Waals surface area contributed by atoms with Crippen LogP contribution in [0.25, 0.3) is 18.4 Å². The van der Waals surface area contributed by atoms with Gasteiger partial charge in [-0.25, -0.2) is 0 Å². The van der Waals surface area contributed by atoms with Gasteiger partial charge < -0.3 is 5.32 Å². The quantitative estimate of drug-likeness (QED) is 0.621. The first kappa shape index (κ1) is 7.44. The number of nitrogens with zero attached hydrogens (tertiary/aromatic N) is 1. The third-order valence-electron chi connectivity index (χ3n) is 2.43. The van der Waals surface area contributed by atoms with Gasteiger partial charge in [-0.1, -0.05) is 18.2 Å². The summed E-state index contributed by atoms with van der Waals surface area (Å²) >= 11 is 0. The predicted molar refractivity (Wildman–Crippen MR) is 57.7 cm³/mol. The molecule has 0 amide bonds. The van der Waals surface area contributed by atoms with Gasteiger partial charge in [0.1, 0.15) is 0 Å². The van der Waals surface area contributed by atoms with Gasteiger partial charge in [0.15, 0.2) is 0 Å². The standard InChI is InChI=1S/C12H9N2/c1-2-9-3-4-10-8-13-7-5-11(10)12(9)14-6-1/h1-8,13H. The van der Waals surface area contributed by atoms with E-state index in [1.165, 1.54) is 16.0 Å². The third kappa shape index (κ3) is 0.973. The number of benzene rings is 1. The molecule has 2 aliphatic rings.